The van der Waals surface area contributed by atoms with Gasteiger partial charge >= 0.3 is 5.97 Å². The van der Waals surface area contributed by atoms with Crippen LogP contribution >= 0.6 is 15.9 Å². The average Bonchev–Trinajstić information content (AvgIpc) is 2.46. The van der Waals surface area contributed by atoms with Gasteiger partial charge in [0.05, 0.1) is 5.56 Å². The van der Waals surface area contributed by atoms with Crippen molar-refractivity contribution in [2.75, 3.05) is 0 Å². The zero-order valence-electron chi connectivity index (χ0n) is 10.8. The average molecular weight is 330 g/mol. The van der Waals surface area contributed by atoms with E-state index in [-0.39, 0.29) is 0 Å². The number of nitrogens with zero attached hydrogens (tertiary/aromatic N) is 1. The number of aryl methyl sites for hydroxylation is 1. The van der Waals surface area contributed by atoms with Gasteiger partial charge in [0.1, 0.15) is 6.07 Å². The lowest BCUT2D eigenvalue weighted by Gasteiger charge is -2.11. The van der Waals surface area contributed by atoms with Crippen LogP contribution in [0.2, 0.25) is 0 Å². The Morgan fingerprint density at radius 1 is 1.15 bits per heavy atom. The molecule has 2 rings (SSSR count). The second-order valence-electron chi connectivity index (χ2n) is 4.33. The number of carbonyl (C=O) groups is 1. The van der Waals surface area contributed by atoms with Gasteiger partial charge < -0.3 is 4.74 Å². The third-order valence-corrected chi connectivity index (χ3v) is 3.33. The minimum absolute atomic E-state index is 0.417. The van der Waals surface area contributed by atoms with E-state index in [0.29, 0.717) is 11.1 Å². The van der Waals surface area contributed by atoms with Crippen LogP contribution in [0.5, 0.6) is 0 Å². The second kappa shape index (κ2) is 6.36. The standard InChI is InChI=1S/C16H12BrNO2/c1-11-2-4-12(5-3-11)15(10-18)20-16(19)13-6-8-14(17)9-7-13/h2-9,15H,1H3. The molecule has 0 radical (unpaired) electrons. The van der Waals surface area contributed by atoms with Crippen LogP contribution in [0.3, 0.4) is 0 Å². The lowest BCUT2D eigenvalue weighted by molar-refractivity contribution is 0.0404. The number of nitriles is 1. The molecule has 0 amide bonds. The maximum atomic E-state index is 12.0. The fraction of sp³-hybridized carbons (Fsp3) is 0.125. The third-order valence-electron chi connectivity index (χ3n) is 2.80. The molecule has 0 bridgehead atoms. The van der Waals surface area contributed by atoms with Crippen LogP contribution in [0.1, 0.15) is 27.6 Å². The summed E-state index contributed by atoms with van der Waals surface area (Å²) in [6.07, 6.45) is -0.897. The summed E-state index contributed by atoms with van der Waals surface area (Å²) < 4.78 is 6.12. The van der Waals surface area contributed by atoms with E-state index < -0.39 is 12.1 Å². The fourth-order valence-electron chi connectivity index (χ4n) is 1.67. The maximum absolute atomic E-state index is 12.0. The molecule has 1 atom stereocenters. The zero-order chi connectivity index (χ0) is 14.5. The molecule has 0 spiro atoms. The molecule has 4 heteroatoms. The van der Waals surface area contributed by atoms with Crippen molar-refractivity contribution in [2.24, 2.45) is 0 Å². The molecule has 0 aliphatic rings. The molecule has 20 heavy (non-hydrogen) atoms. The van der Waals surface area contributed by atoms with Crippen molar-refractivity contribution >= 4 is 21.9 Å². The molecule has 0 aromatic heterocycles. The van der Waals surface area contributed by atoms with Crippen LogP contribution in [0.15, 0.2) is 53.0 Å². The number of rotatable bonds is 3. The Hall–Kier alpha value is -2.12. The van der Waals surface area contributed by atoms with Gasteiger partial charge in [0, 0.05) is 10.0 Å². The number of esters is 1. The van der Waals surface area contributed by atoms with Gasteiger partial charge in [-0.3, -0.25) is 0 Å². The minimum Gasteiger partial charge on any atom is -0.438 e. The number of ether oxygens (including phenoxy) is 1. The maximum Gasteiger partial charge on any atom is 0.339 e. The van der Waals surface area contributed by atoms with Crippen molar-refractivity contribution in [3.8, 4) is 6.07 Å². The van der Waals surface area contributed by atoms with Crippen LogP contribution in [-0.2, 0) is 4.74 Å². The molecule has 3 nitrogen and oxygen atoms in total. The van der Waals surface area contributed by atoms with Gasteiger partial charge in [-0.25, -0.2) is 4.79 Å². The lowest BCUT2D eigenvalue weighted by atomic mass is 10.1. The highest BCUT2D eigenvalue weighted by Gasteiger charge is 2.17. The molecule has 0 fully saturated rings. The first-order valence-electron chi connectivity index (χ1n) is 6.03. The SMILES string of the molecule is Cc1ccc(C(C#N)OC(=O)c2ccc(Br)cc2)cc1. The smallest absolute Gasteiger partial charge is 0.339 e. The topological polar surface area (TPSA) is 50.1 Å². The molecule has 0 N–H and O–H groups in total. The first-order chi connectivity index (χ1) is 9.60. The Balaban J connectivity index is 2.14. The first-order valence-corrected chi connectivity index (χ1v) is 6.82. The monoisotopic (exact) mass is 329 g/mol. The van der Waals surface area contributed by atoms with Crippen LogP contribution in [0.4, 0.5) is 0 Å². The molecule has 2 aromatic rings. The Labute approximate surface area is 125 Å². The highest BCUT2D eigenvalue weighted by Crippen LogP contribution is 2.20. The van der Waals surface area contributed by atoms with Crippen LogP contribution < -0.4 is 0 Å². The van der Waals surface area contributed by atoms with Gasteiger partial charge in [-0.2, -0.15) is 5.26 Å². The van der Waals surface area contributed by atoms with Gasteiger partial charge in [-0.15, -0.1) is 0 Å². The van der Waals surface area contributed by atoms with Crippen molar-refractivity contribution in [3.63, 3.8) is 0 Å². The van der Waals surface area contributed by atoms with Crippen LogP contribution in [0.25, 0.3) is 0 Å². The molecule has 0 aliphatic carbocycles. The van der Waals surface area contributed by atoms with E-state index in [9.17, 15) is 4.79 Å². The molecule has 0 saturated heterocycles. The summed E-state index contributed by atoms with van der Waals surface area (Å²) in [4.78, 5) is 12.0. The number of hydrogen-bond acceptors (Lipinski definition) is 3. The van der Waals surface area contributed by atoms with Crippen molar-refractivity contribution < 1.29 is 9.53 Å². The molecule has 100 valence electrons. The van der Waals surface area contributed by atoms with Gasteiger partial charge in [0.15, 0.2) is 0 Å². The molecular weight excluding hydrogens is 318 g/mol. The van der Waals surface area contributed by atoms with E-state index in [1.807, 2.05) is 25.1 Å². The molecule has 0 saturated carbocycles. The molecule has 1 unspecified atom stereocenters. The summed E-state index contributed by atoms with van der Waals surface area (Å²) >= 11 is 3.30. The lowest BCUT2D eigenvalue weighted by Crippen LogP contribution is -2.10. The Morgan fingerprint density at radius 3 is 2.30 bits per heavy atom. The van der Waals surface area contributed by atoms with E-state index in [1.54, 1.807) is 36.4 Å². The van der Waals surface area contributed by atoms with Crippen molar-refractivity contribution in [1.29, 1.82) is 5.26 Å². The van der Waals surface area contributed by atoms with Gasteiger partial charge in [-0.1, -0.05) is 45.8 Å². The van der Waals surface area contributed by atoms with E-state index >= 15 is 0 Å². The highest BCUT2D eigenvalue weighted by atomic mass is 79.9. The van der Waals surface area contributed by atoms with Crippen molar-refractivity contribution in [2.45, 2.75) is 13.0 Å². The summed E-state index contributed by atoms with van der Waals surface area (Å²) in [5.74, 6) is -0.510. The summed E-state index contributed by atoms with van der Waals surface area (Å²) in [5.41, 5.74) is 2.17. The number of hydrogen-bond donors (Lipinski definition) is 0. The van der Waals surface area contributed by atoms with Gasteiger partial charge in [0.2, 0.25) is 6.10 Å². The number of halogens is 1. The zero-order valence-corrected chi connectivity index (χ0v) is 12.4. The van der Waals surface area contributed by atoms with E-state index in [4.69, 9.17) is 10.00 Å². The van der Waals surface area contributed by atoms with E-state index in [0.717, 1.165) is 10.0 Å². The van der Waals surface area contributed by atoms with Crippen LogP contribution in [-0.4, -0.2) is 5.97 Å². The largest absolute Gasteiger partial charge is 0.438 e. The predicted molar refractivity (Wildman–Crippen MR) is 79.1 cm³/mol. The summed E-state index contributed by atoms with van der Waals surface area (Å²) in [5, 5.41) is 9.15. The molecule has 2 aromatic carbocycles. The quantitative estimate of drug-likeness (QED) is 0.793. The van der Waals surface area contributed by atoms with E-state index in [1.165, 1.54) is 0 Å². The number of carbonyl (C=O) groups excluding carboxylic acids is 1. The molecular formula is C16H12BrNO2. The molecule has 0 heterocycles. The highest BCUT2D eigenvalue weighted by molar-refractivity contribution is 9.10. The number of benzene rings is 2. The first kappa shape index (κ1) is 14.3. The Morgan fingerprint density at radius 2 is 1.75 bits per heavy atom. The van der Waals surface area contributed by atoms with Gasteiger partial charge in [0.25, 0.3) is 0 Å². The Bertz CT molecular complexity index is 642. The van der Waals surface area contributed by atoms with Crippen molar-refractivity contribution in [1.82, 2.24) is 0 Å². The predicted octanol–water partition coefficient (Wildman–Crippen LogP) is 4.18. The summed E-state index contributed by atoms with van der Waals surface area (Å²) in [6.45, 7) is 1.96. The van der Waals surface area contributed by atoms with E-state index in [2.05, 4.69) is 15.9 Å². The fourth-order valence-corrected chi connectivity index (χ4v) is 1.94. The second-order valence-corrected chi connectivity index (χ2v) is 5.25. The molecule has 0 aliphatic heterocycles. The summed E-state index contributed by atoms with van der Waals surface area (Å²) in [7, 11) is 0. The summed E-state index contributed by atoms with van der Waals surface area (Å²) in [6, 6.07) is 16.1. The van der Waals surface area contributed by atoms with Crippen molar-refractivity contribution in [3.05, 3.63) is 69.7 Å². The minimum atomic E-state index is -0.897. The normalized spacial score (nSPS) is 11.4. The van der Waals surface area contributed by atoms with Gasteiger partial charge in [-0.05, 0) is 31.2 Å². The van der Waals surface area contributed by atoms with Crippen LogP contribution in [0, 0.1) is 18.3 Å². The third kappa shape index (κ3) is 3.46. The Kier molecular flexibility index (Phi) is 4.54.